The predicted molar refractivity (Wildman–Crippen MR) is 82.3 cm³/mol. The van der Waals surface area contributed by atoms with Crippen molar-refractivity contribution in [3.63, 3.8) is 0 Å². The van der Waals surface area contributed by atoms with E-state index in [1.54, 1.807) is 0 Å². The van der Waals surface area contributed by atoms with Gasteiger partial charge in [0.05, 0.1) is 0 Å². The lowest BCUT2D eigenvalue weighted by molar-refractivity contribution is 0.359. The minimum Gasteiger partial charge on any atom is -0.382 e. The van der Waals surface area contributed by atoms with E-state index < -0.39 is 0 Å². The summed E-state index contributed by atoms with van der Waals surface area (Å²) in [6.07, 6.45) is 10.2. The van der Waals surface area contributed by atoms with Crippen molar-refractivity contribution < 1.29 is 0 Å². The first-order chi connectivity index (χ1) is 9.31. The van der Waals surface area contributed by atoms with Crippen molar-refractivity contribution in [3.05, 3.63) is 30.3 Å². The molecule has 2 saturated carbocycles. The molecule has 2 fully saturated rings. The van der Waals surface area contributed by atoms with Crippen molar-refractivity contribution in [2.45, 2.75) is 57.9 Å². The Morgan fingerprint density at radius 2 is 1.79 bits per heavy atom. The summed E-state index contributed by atoms with van der Waals surface area (Å²) in [4.78, 5) is 0. The van der Waals surface area contributed by atoms with Crippen LogP contribution in [0.2, 0.25) is 0 Å². The van der Waals surface area contributed by atoms with Gasteiger partial charge in [0.15, 0.2) is 0 Å². The van der Waals surface area contributed by atoms with E-state index in [1.165, 1.54) is 50.6 Å². The van der Waals surface area contributed by atoms with E-state index in [-0.39, 0.29) is 0 Å². The number of anilines is 1. The van der Waals surface area contributed by atoms with Crippen LogP contribution in [-0.2, 0) is 0 Å². The zero-order valence-corrected chi connectivity index (χ0v) is 12.1. The monoisotopic (exact) mass is 257 g/mol. The van der Waals surface area contributed by atoms with E-state index in [4.69, 9.17) is 0 Å². The minimum atomic E-state index is 0.706. The van der Waals surface area contributed by atoms with Gasteiger partial charge in [-0.05, 0) is 49.1 Å². The highest BCUT2D eigenvalue weighted by molar-refractivity contribution is 5.43. The summed E-state index contributed by atoms with van der Waals surface area (Å²) in [6, 6.07) is 11.5. The molecule has 2 aliphatic carbocycles. The van der Waals surface area contributed by atoms with Crippen LogP contribution in [0.1, 0.15) is 51.9 Å². The Balaban J connectivity index is 1.61. The van der Waals surface area contributed by atoms with Crippen molar-refractivity contribution in [3.8, 4) is 0 Å². The van der Waals surface area contributed by atoms with Crippen LogP contribution in [0.25, 0.3) is 0 Å². The smallest absolute Gasteiger partial charge is 0.0342 e. The van der Waals surface area contributed by atoms with Crippen LogP contribution < -0.4 is 5.32 Å². The van der Waals surface area contributed by atoms with E-state index in [0.29, 0.717) is 6.04 Å². The Kier molecular flexibility index (Phi) is 4.10. The third-order valence-electron chi connectivity index (χ3n) is 5.17. The molecule has 1 heteroatoms. The van der Waals surface area contributed by atoms with Crippen molar-refractivity contribution in [2.24, 2.45) is 17.8 Å². The van der Waals surface area contributed by atoms with Crippen molar-refractivity contribution in [1.29, 1.82) is 0 Å². The Morgan fingerprint density at radius 3 is 2.53 bits per heavy atom. The molecular formula is C18H27N. The molecule has 0 bridgehead atoms. The molecule has 0 spiro atoms. The maximum absolute atomic E-state index is 3.80. The molecule has 0 saturated heterocycles. The molecule has 19 heavy (non-hydrogen) atoms. The summed E-state index contributed by atoms with van der Waals surface area (Å²) >= 11 is 0. The lowest BCUT2D eigenvalue weighted by Gasteiger charge is -2.24. The van der Waals surface area contributed by atoms with Crippen LogP contribution in [0.5, 0.6) is 0 Å². The quantitative estimate of drug-likeness (QED) is 0.792. The van der Waals surface area contributed by atoms with Crippen LogP contribution in [0.15, 0.2) is 30.3 Å². The third kappa shape index (κ3) is 3.32. The average Bonchev–Trinajstić information content (AvgIpc) is 3.02. The van der Waals surface area contributed by atoms with Gasteiger partial charge in [-0.1, -0.05) is 50.8 Å². The number of hydrogen-bond acceptors (Lipinski definition) is 1. The first-order valence-corrected chi connectivity index (χ1v) is 8.13. The van der Waals surface area contributed by atoms with Gasteiger partial charge in [0, 0.05) is 11.7 Å². The zero-order valence-electron chi connectivity index (χ0n) is 12.1. The van der Waals surface area contributed by atoms with E-state index in [2.05, 4.69) is 42.6 Å². The molecule has 3 unspecified atom stereocenters. The van der Waals surface area contributed by atoms with E-state index in [0.717, 1.165) is 17.8 Å². The maximum atomic E-state index is 3.80. The molecule has 2 aliphatic rings. The summed E-state index contributed by atoms with van der Waals surface area (Å²) in [5, 5.41) is 3.80. The zero-order chi connectivity index (χ0) is 13.1. The van der Waals surface area contributed by atoms with Gasteiger partial charge in [-0.2, -0.15) is 0 Å². The number of nitrogens with one attached hydrogen (secondary N) is 1. The normalized spacial score (nSPS) is 31.7. The standard InChI is InChI=1S/C18H27N/c1-14-11-16(13-15-7-5-6-8-15)18(12-14)19-17-9-3-2-4-10-17/h2-4,9-10,14-16,18-19H,5-8,11-13H2,1H3. The molecule has 0 aromatic heterocycles. The molecule has 1 nitrogen and oxygen atoms in total. The number of hydrogen-bond donors (Lipinski definition) is 1. The molecule has 1 aromatic rings. The summed E-state index contributed by atoms with van der Waals surface area (Å²) in [5.41, 5.74) is 1.30. The molecule has 1 N–H and O–H groups in total. The molecule has 0 amide bonds. The topological polar surface area (TPSA) is 12.0 Å². The van der Waals surface area contributed by atoms with E-state index in [1.807, 2.05) is 0 Å². The predicted octanol–water partition coefficient (Wildman–Crippen LogP) is 5.09. The Hall–Kier alpha value is -0.980. The van der Waals surface area contributed by atoms with E-state index in [9.17, 15) is 0 Å². The lowest BCUT2D eigenvalue weighted by atomic mass is 9.89. The Morgan fingerprint density at radius 1 is 1.05 bits per heavy atom. The van der Waals surface area contributed by atoms with Gasteiger partial charge in [0.1, 0.15) is 0 Å². The number of benzene rings is 1. The second-order valence-corrected chi connectivity index (χ2v) is 6.84. The molecular weight excluding hydrogens is 230 g/mol. The van der Waals surface area contributed by atoms with Crippen LogP contribution in [-0.4, -0.2) is 6.04 Å². The first-order valence-electron chi connectivity index (χ1n) is 8.13. The van der Waals surface area contributed by atoms with Crippen molar-refractivity contribution in [2.75, 3.05) is 5.32 Å². The second-order valence-electron chi connectivity index (χ2n) is 6.84. The first kappa shape index (κ1) is 13.0. The van der Waals surface area contributed by atoms with Gasteiger partial charge >= 0.3 is 0 Å². The second kappa shape index (κ2) is 5.98. The Bertz CT molecular complexity index is 380. The highest BCUT2D eigenvalue weighted by Crippen LogP contribution is 2.40. The molecule has 0 heterocycles. The van der Waals surface area contributed by atoms with Crippen LogP contribution in [0.4, 0.5) is 5.69 Å². The summed E-state index contributed by atoms with van der Waals surface area (Å²) in [5.74, 6) is 2.82. The van der Waals surface area contributed by atoms with Crippen LogP contribution in [0.3, 0.4) is 0 Å². The summed E-state index contributed by atoms with van der Waals surface area (Å²) in [7, 11) is 0. The average molecular weight is 257 g/mol. The van der Waals surface area contributed by atoms with Crippen LogP contribution >= 0.6 is 0 Å². The van der Waals surface area contributed by atoms with Crippen LogP contribution in [0, 0.1) is 17.8 Å². The number of para-hydroxylation sites is 1. The van der Waals surface area contributed by atoms with Gasteiger partial charge < -0.3 is 5.32 Å². The summed E-state index contributed by atoms with van der Waals surface area (Å²) < 4.78 is 0. The number of rotatable bonds is 4. The molecule has 3 atom stereocenters. The maximum Gasteiger partial charge on any atom is 0.0342 e. The van der Waals surface area contributed by atoms with Gasteiger partial charge in [0.25, 0.3) is 0 Å². The molecule has 0 radical (unpaired) electrons. The fraction of sp³-hybridized carbons (Fsp3) is 0.667. The fourth-order valence-electron chi connectivity index (χ4n) is 4.26. The van der Waals surface area contributed by atoms with Gasteiger partial charge in [-0.25, -0.2) is 0 Å². The van der Waals surface area contributed by atoms with Crippen molar-refractivity contribution >= 4 is 5.69 Å². The Labute approximate surface area is 117 Å². The molecule has 1 aromatic carbocycles. The summed E-state index contributed by atoms with van der Waals surface area (Å²) in [6.45, 7) is 2.42. The van der Waals surface area contributed by atoms with Gasteiger partial charge in [-0.3, -0.25) is 0 Å². The molecule has 0 aliphatic heterocycles. The van der Waals surface area contributed by atoms with Gasteiger partial charge in [0.2, 0.25) is 0 Å². The minimum absolute atomic E-state index is 0.706. The fourth-order valence-corrected chi connectivity index (χ4v) is 4.26. The lowest BCUT2D eigenvalue weighted by Crippen LogP contribution is -2.25. The largest absolute Gasteiger partial charge is 0.382 e. The highest BCUT2D eigenvalue weighted by Gasteiger charge is 2.33. The van der Waals surface area contributed by atoms with Crippen molar-refractivity contribution in [1.82, 2.24) is 0 Å². The molecule has 104 valence electrons. The molecule has 3 rings (SSSR count). The SMILES string of the molecule is CC1CC(CC2CCCC2)C(Nc2ccccc2)C1. The van der Waals surface area contributed by atoms with Gasteiger partial charge in [-0.15, -0.1) is 0 Å². The highest BCUT2D eigenvalue weighted by atomic mass is 14.9. The third-order valence-corrected chi connectivity index (χ3v) is 5.17. The van der Waals surface area contributed by atoms with E-state index >= 15 is 0 Å².